The van der Waals surface area contributed by atoms with E-state index in [0.717, 1.165) is 4.90 Å². The van der Waals surface area contributed by atoms with Gasteiger partial charge in [-0.1, -0.05) is 0 Å². The second kappa shape index (κ2) is 4.01. The molecule has 1 heterocycles. The summed E-state index contributed by atoms with van der Waals surface area (Å²) in [6, 6.07) is 0. The molecule has 1 amide bonds. The van der Waals surface area contributed by atoms with Gasteiger partial charge in [-0.2, -0.15) is 0 Å². The molecular weight excluding hydrogens is 183 g/mol. The van der Waals surface area contributed by atoms with E-state index in [9.17, 15) is 9.18 Å². The Bertz CT molecular complexity index is 252. The highest BCUT2D eigenvalue weighted by molar-refractivity contribution is 7.13. The fraction of sp³-hybridized carbons (Fsp3) is 0.333. The predicted molar refractivity (Wildman–Crippen MR) is 43.5 cm³/mol. The van der Waals surface area contributed by atoms with Gasteiger partial charge in [0.15, 0.2) is 5.13 Å². The van der Waals surface area contributed by atoms with Crippen LogP contribution < -0.4 is 4.90 Å². The van der Waals surface area contributed by atoms with Crippen molar-refractivity contribution in [2.24, 2.45) is 0 Å². The van der Waals surface area contributed by atoms with E-state index in [1.54, 1.807) is 5.38 Å². The number of alkyl halides is 1. The summed E-state index contributed by atoms with van der Waals surface area (Å²) < 4.78 is 11.9. The van der Waals surface area contributed by atoms with Gasteiger partial charge in [0.1, 0.15) is 6.67 Å². The predicted octanol–water partition coefficient (Wildman–Crippen LogP) is 1.60. The lowest BCUT2D eigenvalue weighted by Gasteiger charge is -2.12. The van der Waals surface area contributed by atoms with Crippen LogP contribution in [0.2, 0.25) is 0 Å². The highest BCUT2D eigenvalue weighted by atomic mass is 32.1. The summed E-state index contributed by atoms with van der Waals surface area (Å²) in [6.07, 6.45) is 0.302. The number of hydrogen-bond acceptors (Lipinski definition) is 3. The quantitative estimate of drug-likeness (QED) is 0.787. The number of rotatable bonds is 3. The minimum atomic E-state index is -1.18. The van der Waals surface area contributed by atoms with Crippen molar-refractivity contribution in [2.75, 3.05) is 18.1 Å². The third kappa shape index (κ3) is 1.91. The van der Waals surface area contributed by atoms with Crippen LogP contribution >= 0.6 is 11.3 Å². The third-order valence-electron chi connectivity index (χ3n) is 1.19. The van der Waals surface area contributed by atoms with Crippen LogP contribution in [0.1, 0.15) is 0 Å². The van der Waals surface area contributed by atoms with Crippen molar-refractivity contribution in [1.29, 1.82) is 0 Å². The molecule has 0 fully saturated rings. The number of hydrogen-bond donors (Lipinski definition) is 1. The van der Waals surface area contributed by atoms with Gasteiger partial charge in [-0.05, 0) is 0 Å². The van der Waals surface area contributed by atoms with Crippen LogP contribution in [0.5, 0.6) is 0 Å². The van der Waals surface area contributed by atoms with Gasteiger partial charge < -0.3 is 5.11 Å². The zero-order chi connectivity index (χ0) is 8.97. The van der Waals surface area contributed by atoms with Gasteiger partial charge in [-0.3, -0.25) is 4.90 Å². The molecule has 66 valence electrons. The number of thiazole rings is 1. The molecule has 0 radical (unpaired) electrons. The van der Waals surface area contributed by atoms with Crippen molar-refractivity contribution in [3.05, 3.63) is 11.6 Å². The summed E-state index contributed by atoms with van der Waals surface area (Å²) in [5, 5.41) is 10.6. The van der Waals surface area contributed by atoms with Crippen LogP contribution in [0.15, 0.2) is 11.6 Å². The van der Waals surface area contributed by atoms with E-state index >= 15 is 0 Å². The Labute approximate surface area is 72.3 Å². The topological polar surface area (TPSA) is 53.4 Å². The lowest BCUT2D eigenvalue weighted by atomic mass is 10.6. The number of halogens is 1. The Balaban J connectivity index is 2.73. The monoisotopic (exact) mass is 190 g/mol. The number of nitrogens with zero attached hydrogens (tertiary/aromatic N) is 2. The average Bonchev–Trinajstić information content (AvgIpc) is 2.51. The molecule has 6 heteroatoms. The molecule has 0 saturated carbocycles. The van der Waals surface area contributed by atoms with Crippen LogP contribution in [0.4, 0.5) is 14.3 Å². The average molecular weight is 190 g/mol. The van der Waals surface area contributed by atoms with E-state index in [4.69, 9.17) is 5.11 Å². The number of carboxylic acid groups (broad SMARTS) is 1. The molecule has 0 atom stereocenters. The first kappa shape index (κ1) is 8.92. The molecule has 1 aromatic rings. The Hall–Kier alpha value is -1.17. The normalized spacial score (nSPS) is 9.75. The number of carbonyl (C=O) groups is 1. The minimum absolute atomic E-state index is 0.164. The zero-order valence-electron chi connectivity index (χ0n) is 6.11. The van der Waals surface area contributed by atoms with E-state index in [0.29, 0.717) is 5.13 Å². The molecule has 0 spiro atoms. The van der Waals surface area contributed by atoms with Crippen molar-refractivity contribution < 1.29 is 14.3 Å². The standard InChI is InChI=1S/C6H7FN2O2S/c7-1-3-9(6(10)11)5-8-2-4-12-5/h2,4H,1,3H2,(H,10,11). The Morgan fingerprint density at radius 2 is 2.58 bits per heavy atom. The van der Waals surface area contributed by atoms with Crippen LogP contribution in [0.25, 0.3) is 0 Å². The van der Waals surface area contributed by atoms with Gasteiger partial charge in [-0.15, -0.1) is 11.3 Å². The maximum absolute atomic E-state index is 11.9. The maximum atomic E-state index is 11.9. The smallest absolute Gasteiger partial charge is 0.413 e. The molecule has 0 saturated heterocycles. The van der Waals surface area contributed by atoms with Gasteiger partial charge in [0.2, 0.25) is 0 Å². The van der Waals surface area contributed by atoms with E-state index in [1.807, 2.05) is 0 Å². The fourth-order valence-corrected chi connectivity index (χ4v) is 1.37. The molecule has 0 bridgehead atoms. The first-order valence-corrected chi connectivity index (χ1v) is 4.09. The van der Waals surface area contributed by atoms with E-state index in [2.05, 4.69) is 4.98 Å². The fourth-order valence-electron chi connectivity index (χ4n) is 0.707. The van der Waals surface area contributed by atoms with Crippen molar-refractivity contribution in [1.82, 2.24) is 4.98 Å². The Morgan fingerprint density at radius 1 is 1.83 bits per heavy atom. The van der Waals surface area contributed by atoms with E-state index < -0.39 is 12.8 Å². The molecule has 4 nitrogen and oxygen atoms in total. The molecule has 1 N–H and O–H groups in total. The molecule has 0 aliphatic rings. The first-order valence-electron chi connectivity index (χ1n) is 3.21. The van der Waals surface area contributed by atoms with Gasteiger partial charge in [-0.25, -0.2) is 14.2 Å². The maximum Gasteiger partial charge on any atom is 0.413 e. The molecule has 0 aliphatic heterocycles. The SMILES string of the molecule is O=C(O)N(CCF)c1nccs1. The number of anilines is 1. The number of aromatic nitrogens is 1. The lowest BCUT2D eigenvalue weighted by molar-refractivity contribution is 0.201. The third-order valence-corrected chi connectivity index (χ3v) is 1.98. The van der Waals surface area contributed by atoms with Gasteiger partial charge in [0.05, 0.1) is 6.54 Å². The molecule has 0 aliphatic carbocycles. The van der Waals surface area contributed by atoms with Gasteiger partial charge in [0.25, 0.3) is 0 Å². The lowest BCUT2D eigenvalue weighted by Crippen LogP contribution is -2.30. The molecule has 1 aromatic heterocycles. The summed E-state index contributed by atoms with van der Waals surface area (Å²) >= 11 is 1.17. The highest BCUT2D eigenvalue weighted by Crippen LogP contribution is 2.16. The second-order valence-corrected chi connectivity index (χ2v) is 2.81. The summed E-state index contributed by atoms with van der Waals surface area (Å²) in [4.78, 5) is 15.1. The largest absolute Gasteiger partial charge is 0.465 e. The van der Waals surface area contributed by atoms with Crippen molar-refractivity contribution in [3.8, 4) is 0 Å². The van der Waals surface area contributed by atoms with Crippen molar-refractivity contribution in [2.45, 2.75) is 0 Å². The summed E-state index contributed by atoms with van der Waals surface area (Å²) in [5.41, 5.74) is 0. The Kier molecular flexibility index (Phi) is 2.98. The summed E-state index contributed by atoms with van der Waals surface area (Å²) in [6.45, 7) is -0.866. The van der Waals surface area contributed by atoms with Crippen LogP contribution in [0.3, 0.4) is 0 Å². The molecular formula is C6H7FN2O2S. The second-order valence-electron chi connectivity index (χ2n) is 1.94. The van der Waals surface area contributed by atoms with Gasteiger partial charge in [0, 0.05) is 11.6 Å². The molecule has 0 unspecified atom stereocenters. The van der Waals surface area contributed by atoms with Gasteiger partial charge >= 0.3 is 6.09 Å². The van der Waals surface area contributed by atoms with E-state index in [-0.39, 0.29) is 6.54 Å². The highest BCUT2D eigenvalue weighted by Gasteiger charge is 2.15. The van der Waals surface area contributed by atoms with Crippen molar-refractivity contribution in [3.63, 3.8) is 0 Å². The first-order chi connectivity index (χ1) is 5.75. The van der Waals surface area contributed by atoms with Crippen LogP contribution in [-0.4, -0.2) is 29.4 Å². The Morgan fingerprint density at radius 3 is 3.00 bits per heavy atom. The molecule has 12 heavy (non-hydrogen) atoms. The van der Waals surface area contributed by atoms with Crippen LogP contribution in [0, 0.1) is 0 Å². The van der Waals surface area contributed by atoms with Crippen molar-refractivity contribution >= 4 is 22.6 Å². The van der Waals surface area contributed by atoms with Crippen LogP contribution in [-0.2, 0) is 0 Å². The summed E-state index contributed by atoms with van der Waals surface area (Å²) in [5.74, 6) is 0. The summed E-state index contributed by atoms with van der Waals surface area (Å²) in [7, 11) is 0. The zero-order valence-corrected chi connectivity index (χ0v) is 6.92. The molecule has 1 rings (SSSR count). The number of amides is 1. The minimum Gasteiger partial charge on any atom is -0.465 e. The van der Waals surface area contributed by atoms with E-state index in [1.165, 1.54) is 17.5 Å². The molecule has 0 aromatic carbocycles.